The summed E-state index contributed by atoms with van der Waals surface area (Å²) in [4.78, 5) is 16.3. The van der Waals surface area contributed by atoms with Crippen molar-refractivity contribution in [2.24, 2.45) is 0 Å². The largest absolute Gasteiger partial charge is 0.492 e. The van der Waals surface area contributed by atoms with E-state index in [9.17, 15) is 4.79 Å². The summed E-state index contributed by atoms with van der Waals surface area (Å²) in [5.41, 5.74) is 6.75. The molecule has 1 aliphatic rings. The number of nitrogens with one attached hydrogen (secondary N) is 1. The third kappa shape index (κ3) is 5.48. The van der Waals surface area contributed by atoms with Crippen molar-refractivity contribution in [1.29, 1.82) is 0 Å². The highest BCUT2D eigenvalue weighted by molar-refractivity contribution is 6.56. The predicted octanol–water partition coefficient (Wildman–Crippen LogP) is 3.51. The summed E-state index contributed by atoms with van der Waals surface area (Å²) in [6, 6.07) is 1.93. The number of pyridine rings is 1. The van der Waals surface area contributed by atoms with Crippen molar-refractivity contribution in [3.8, 4) is 0 Å². The van der Waals surface area contributed by atoms with Crippen LogP contribution in [0.5, 0.6) is 0 Å². The number of carbonyl (C=O) groups is 1. The van der Waals surface area contributed by atoms with E-state index < -0.39 is 30.0 Å². The molecule has 0 bridgehead atoms. The van der Waals surface area contributed by atoms with Gasteiger partial charge < -0.3 is 25.1 Å². The van der Waals surface area contributed by atoms with E-state index >= 15 is 0 Å². The van der Waals surface area contributed by atoms with Crippen molar-refractivity contribution < 1.29 is 18.8 Å². The van der Waals surface area contributed by atoms with E-state index in [2.05, 4.69) is 10.3 Å². The first-order chi connectivity index (χ1) is 12.7. The van der Waals surface area contributed by atoms with E-state index in [1.54, 1.807) is 6.20 Å². The van der Waals surface area contributed by atoms with Gasteiger partial charge in [-0.25, -0.2) is 9.78 Å². The zero-order valence-electron chi connectivity index (χ0n) is 18.2. The number of alkyl carbamates (subject to hydrolysis) is 1. The lowest BCUT2D eigenvalue weighted by Crippen LogP contribution is -2.41. The van der Waals surface area contributed by atoms with Gasteiger partial charge in [0, 0.05) is 12.7 Å². The van der Waals surface area contributed by atoms with Crippen molar-refractivity contribution in [1.82, 2.24) is 10.3 Å². The van der Waals surface area contributed by atoms with Crippen molar-refractivity contribution in [3.63, 3.8) is 0 Å². The molecule has 1 aliphatic heterocycles. The van der Waals surface area contributed by atoms with Crippen LogP contribution < -0.4 is 11.1 Å². The Kier molecular flexibility index (Phi) is 6.16. The third-order valence-corrected chi connectivity index (χ3v) is 4.88. The van der Waals surface area contributed by atoms with Gasteiger partial charge in [-0.1, -0.05) is 6.08 Å². The molecule has 0 unspecified atom stereocenters. The van der Waals surface area contributed by atoms with Gasteiger partial charge in [0.2, 0.25) is 0 Å². The van der Waals surface area contributed by atoms with Crippen molar-refractivity contribution in [3.05, 3.63) is 28.9 Å². The topological polar surface area (TPSA) is 95.7 Å². The van der Waals surface area contributed by atoms with Gasteiger partial charge in [-0.3, -0.25) is 0 Å². The number of amides is 1. The zero-order valence-corrected chi connectivity index (χ0v) is 18.2. The van der Waals surface area contributed by atoms with Crippen molar-refractivity contribution in [2.45, 2.75) is 72.2 Å². The lowest BCUT2D eigenvalue weighted by Gasteiger charge is -2.32. The van der Waals surface area contributed by atoms with Crippen LogP contribution in [-0.4, -0.2) is 41.5 Å². The molecule has 28 heavy (non-hydrogen) atoms. The molecule has 8 heteroatoms. The maximum atomic E-state index is 12.1. The number of ether oxygens (including phenoxy) is 1. The highest BCUT2D eigenvalue weighted by Gasteiger charge is 2.52. The fourth-order valence-corrected chi connectivity index (χ4v) is 2.59. The Labute approximate surface area is 168 Å². The van der Waals surface area contributed by atoms with Crippen LogP contribution in [-0.2, 0) is 14.0 Å². The van der Waals surface area contributed by atoms with Gasteiger partial charge in [0.1, 0.15) is 11.4 Å². The van der Waals surface area contributed by atoms with E-state index in [0.717, 1.165) is 16.6 Å². The molecule has 0 aliphatic carbocycles. The average molecular weight is 389 g/mol. The smallest absolute Gasteiger partial charge is 0.444 e. The number of rotatable bonds is 4. The molecule has 1 fully saturated rings. The van der Waals surface area contributed by atoms with Gasteiger partial charge in [0.15, 0.2) is 0 Å². The number of hydrogen-bond donors (Lipinski definition) is 2. The lowest BCUT2D eigenvalue weighted by molar-refractivity contribution is 0.00578. The summed E-state index contributed by atoms with van der Waals surface area (Å²) < 4.78 is 17.6. The Morgan fingerprint density at radius 1 is 1.29 bits per heavy atom. The summed E-state index contributed by atoms with van der Waals surface area (Å²) >= 11 is 0. The molecule has 0 atom stereocenters. The minimum atomic E-state index is -0.599. The number of nitrogen functional groups attached to an aromatic ring is 1. The second kappa shape index (κ2) is 7.76. The molecule has 2 heterocycles. The molecule has 1 aromatic heterocycles. The molecule has 0 aromatic carbocycles. The SMILES string of the molecule is Cc1cc(C=C(CNC(=O)OC(C)(C)C)B2OC(C)(C)C(C)(C)O2)cnc1N. The normalized spacial score (nSPS) is 18.9. The van der Waals surface area contributed by atoms with E-state index in [1.165, 1.54) is 0 Å². The van der Waals surface area contributed by atoms with Crippen molar-refractivity contribution >= 4 is 25.1 Å². The number of nitrogens with zero attached hydrogens (tertiary/aromatic N) is 1. The molecule has 1 aromatic rings. The molecular weight excluding hydrogens is 357 g/mol. The average Bonchev–Trinajstić information content (AvgIpc) is 2.73. The van der Waals surface area contributed by atoms with E-state index in [0.29, 0.717) is 5.82 Å². The van der Waals surface area contributed by atoms with Crippen LogP contribution in [0.2, 0.25) is 0 Å². The molecule has 2 rings (SSSR count). The van der Waals surface area contributed by atoms with Crippen molar-refractivity contribution in [2.75, 3.05) is 12.3 Å². The van der Waals surface area contributed by atoms with Gasteiger partial charge >= 0.3 is 13.2 Å². The monoisotopic (exact) mass is 389 g/mol. The molecular formula is C20H32BN3O4. The number of aryl methyl sites for hydroxylation is 1. The molecule has 1 amide bonds. The summed E-state index contributed by atoms with van der Waals surface area (Å²) in [6.45, 7) is 15.5. The van der Waals surface area contributed by atoms with Gasteiger partial charge in [0.05, 0.1) is 11.2 Å². The van der Waals surface area contributed by atoms with Crippen LogP contribution >= 0.6 is 0 Å². The van der Waals surface area contributed by atoms with Crippen LogP contribution in [0.4, 0.5) is 10.6 Å². The molecule has 3 N–H and O–H groups in total. The molecule has 154 valence electrons. The highest BCUT2D eigenvalue weighted by Crippen LogP contribution is 2.38. The molecule has 0 spiro atoms. The fraction of sp³-hybridized carbons (Fsp3) is 0.600. The van der Waals surface area contributed by atoms with Crippen LogP contribution in [0.15, 0.2) is 17.7 Å². The van der Waals surface area contributed by atoms with E-state index in [1.807, 2.05) is 67.5 Å². The van der Waals surface area contributed by atoms with E-state index in [-0.39, 0.29) is 6.54 Å². The third-order valence-electron chi connectivity index (χ3n) is 4.88. The number of nitrogens with two attached hydrogens (primary N) is 1. The van der Waals surface area contributed by atoms with Crippen LogP contribution in [0.3, 0.4) is 0 Å². The highest BCUT2D eigenvalue weighted by atomic mass is 16.7. The minimum Gasteiger partial charge on any atom is -0.444 e. The molecule has 7 nitrogen and oxygen atoms in total. The lowest BCUT2D eigenvalue weighted by atomic mass is 9.77. The number of hydrogen-bond acceptors (Lipinski definition) is 6. The van der Waals surface area contributed by atoms with E-state index in [4.69, 9.17) is 19.8 Å². The maximum absolute atomic E-state index is 12.1. The van der Waals surface area contributed by atoms with Crippen LogP contribution in [0.25, 0.3) is 6.08 Å². The van der Waals surface area contributed by atoms with Crippen LogP contribution in [0, 0.1) is 6.92 Å². The molecule has 0 radical (unpaired) electrons. The van der Waals surface area contributed by atoms with Gasteiger partial charge in [-0.2, -0.15) is 0 Å². The number of anilines is 1. The van der Waals surface area contributed by atoms with Crippen LogP contribution in [0.1, 0.15) is 59.6 Å². The van der Waals surface area contributed by atoms with Gasteiger partial charge in [-0.15, -0.1) is 0 Å². The standard InChI is InChI=1S/C20H32BN3O4/c1-13-9-14(11-23-16(13)22)10-15(12-24-17(25)26-18(2,3)4)21-27-19(5,6)20(7,8)28-21/h9-11H,12H2,1-8H3,(H2,22,23)(H,24,25). The number of carbonyl (C=O) groups excluding carboxylic acids is 1. The Morgan fingerprint density at radius 3 is 2.36 bits per heavy atom. The molecule has 0 saturated carbocycles. The van der Waals surface area contributed by atoms with Gasteiger partial charge in [-0.05, 0) is 78.1 Å². The first-order valence-corrected chi connectivity index (χ1v) is 9.45. The maximum Gasteiger partial charge on any atom is 0.492 e. The second-order valence-corrected chi connectivity index (χ2v) is 9.13. The zero-order chi connectivity index (χ0) is 21.3. The summed E-state index contributed by atoms with van der Waals surface area (Å²) in [5.74, 6) is 0.487. The molecule has 1 saturated heterocycles. The van der Waals surface area contributed by atoms with Gasteiger partial charge in [0.25, 0.3) is 0 Å². The Balaban J connectivity index is 2.27. The summed E-state index contributed by atoms with van der Waals surface area (Å²) in [5, 5.41) is 2.78. The first kappa shape index (κ1) is 22.2. The summed E-state index contributed by atoms with van der Waals surface area (Å²) in [6.07, 6.45) is 3.08. The summed E-state index contributed by atoms with van der Waals surface area (Å²) in [7, 11) is -0.599. The Hall–Kier alpha value is -2.06. The Bertz CT molecular complexity index is 753. The first-order valence-electron chi connectivity index (χ1n) is 9.45. The predicted molar refractivity (Wildman–Crippen MR) is 112 cm³/mol. The Morgan fingerprint density at radius 2 is 1.86 bits per heavy atom. The second-order valence-electron chi connectivity index (χ2n) is 9.13. The minimum absolute atomic E-state index is 0.217. The number of aromatic nitrogens is 1. The fourth-order valence-electron chi connectivity index (χ4n) is 2.59. The quantitative estimate of drug-likeness (QED) is 0.765.